The summed E-state index contributed by atoms with van der Waals surface area (Å²) in [7, 11) is 1.80. The molecule has 0 bridgehead atoms. The van der Waals surface area contributed by atoms with Gasteiger partial charge in [0.15, 0.2) is 0 Å². The summed E-state index contributed by atoms with van der Waals surface area (Å²) >= 11 is 0. The van der Waals surface area contributed by atoms with Crippen molar-refractivity contribution in [3.8, 4) is 0 Å². The minimum absolute atomic E-state index is 1.22. The molecule has 0 saturated carbocycles. The molecule has 0 saturated heterocycles. The number of hydrogen-bond donors (Lipinski definition) is 0. The second-order valence-corrected chi connectivity index (χ2v) is 3.11. The topological polar surface area (TPSA) is 12.4 Å². The van der Waals surface area contributed by atoms with Crippen LogP contribution in [0.1, 0.15) is 22.3 Å². The number of rotatable bonds is 1. The zero-order valence-corrected chi connectivity index (χ0v) is 8.18. The van der Waals surface area contributed by atoms with Crippen LogP contribution in [0.5, 0.6) is 0 Å². The fourth-order valence-electron chi connectivity index (χ4n) is 1.26. The maximum absolute atomic E-state index is 4.01. The van der Waals surface area contributed by atoms with Crippen LogP contribution in [0.4, 0.5) is 0 Å². The highest BCUT2D eigenvalue weighted by molar-refractivity contribution is 5.82. The number of hydrogen-bond acceptors (Lipinski definition) is 1. The molecule has 64 valence electrons. The lowest BCUT2D eigenvalue weighted by atomic mass is 10.00. The third-order valence-corrected chi connectivity index (χ3v) is 2.37. The Labute approximate surface area is 74.2 Å². The van der Waals surface area contributed by atoms with Gasteiger partial charge in [-0.1, -0.05) is 12.1 Å². The molecule has 0 aliphatic carbocycles. The van der Waals surface area contributed by atoms with Crippen LogP contribution in [0.15, 0.2) is 17.1 Å². The molecule has 0 aromatic heterocycles. The third-order valence-electron chi connectivity index (χ3n) is 2.37. The molecule has 1 aromatic rings. The summed E-state index contributed by atoms with van der Waals surface area (Å²) in [5.41, 5.74) is 5.27. The van der Waals surface area contributed by atoms with Gasteiger partial charge in [0, 0.05) is 13.3 Å². The molecule has 0 radical (unpaired) electrons. The minimum Gasteiger partial charge on any atom is -0.296 e. The smallest absolute Gasteiger partial charge is 0.0284 e. The molecule has 1 rings (SSSR count). The molecule has 1 nitrogen and oxygen atoms in total. The van der Waals surface area contributed by atoms with Gasteiger partial charge in [-0.3, -0.25) is 4.99 Å². The summed E-state index contributed by atoms with van der Waals surface area (Å²) in [6.45, 7) is 6.42. The normalized spacial score (nSPS) is 11.0. The van der Waals surface area contributed by atoms with Crippen molar-refractivity contribution in [1.82, 2.24) is 0 Å². The van der Waals surface area contributed by atoms with Gasteiger partial charge in [0.2, 0.25) is 0 Å². The van der Waals surface area contributed by atoms with Crippen molar-refractivity contribution in [1.29, 1.82) is 0 Å². The Morgan fingerprint density at radius 3 is 2.33 bits per heavy atom. The van der Waals surface area contributed by atoms with Crippen molar-refractivity contribution in [3.05, 3.63) is 34.4 Å². The van der Waals surface area contributed by atoms with E-state index in [4.69, 9.17) is 0 Å². The number of aryl methyl sites for hydroxylation is 1. The quantitative estimate of drug-likeness (QED) is 0.561. The summed E-state index contributed by atoms with van der Waals surface area (Å²) in [4.78, 5) is 4.01. The van der Waals surface area contributed by atoms with Gasteiger partial charge in [-0.2, -0.15) is 0 Å². The van der Waals surface area contributed by atoms with E-state index in [1.165, 1.54) is 22.3 Å². The van der Waals surface area contributed by atoms with Crippen LogP contribution in [0, 0.1) is 20.8 Å². The van der Waals surface area contributed by atoms with Gasteiger partial charge >= 0.3 is 0 Å². The fourth-order valence-corrected chi connectivity index (χ4v) is 1.26. The van der Waals surface area contributed by atoms with Crippen LogP contribution >= 0.6 is 0 Å². The summed E-state index contributed by atoms with van der Waals surface area (Å²) in [6.07, 6.45) is 1.90. The van der Waals surface area contributed by atoms with Gasteiger partial charge in [-0.25, -0.2) is 0 Å². The number of aliphatic imine (C=N–C) groups is 1. The Kier molecular flexibility index (Phi) is 2.64. The lowest BCUT2D eigenvalue weighted by Gasteiger charge is -2.06. The molecule has 0 atom stereocenters. The molecule has 0 amide bonds. The van der Waals surface area contributed by atoms with E-state index >= 15 is 0 Å². The first kappa shape index (κ1) is 8.98. The van der Waals surface area contributed by atoms with Gasteiger partial charge in [-0.15, -0.1) is 0 Å². The summed E-state index contributed by atoms with van der Waals surface area (Å²) in [5, 5.41) is 0. The molecule has 1 heteroatoms. The number of benzene rings is 1. The van der Waals surface area contributed by atoms with E-state index in [9.17, 15) is 0 Å². The van der Waals surface area contributed by atoms with Crippen LogP contribution in [0.3, 0.4) is 0 Å². The zero-order valence-electron chi connectivity index (χ0n) is 8.18. The van der Waals surface area contributed by atoms with Crippen LogP contribution in [-0.2, 0) is 0 Å². The molecule has 0 unspecified atom stereocenters. The molecule has 0 spiro atoms. The Morgan fingerprint density at radius 2 is 1.75 bits per heavy atom. The van der Waals surface area contributed by atoms with Gasteiger partial charge < -0.3 is 0 Å². The summed E-state index contributed by atoms with van der Waals surface area (Å²) < 4.78 is 0. The van der Waals surface area contributed by atoms with Crippen molar-refractivity contribution in [2.45, 2.75) is 20.8 Å². The van der Waals surface area contributed by atoms with Crippen LogP contribution in [-0.4, -0.2) is 13.3 Å². The Morgan fingerprint density at radius 1 is 1.08 bits per heavy atom. The third kappa shape index (κ3) is 1.55. The average Bonchev–Trinajstić information content (AvgIpc) is 2.07. The first-order valence-corrected chi connectivity index (χ1v) is 4.15. The monoisotopic (exact) mass is 161 g/mol. The van der Waals surface area contributed by atoms with Crippen molar-refractivity contribution in [3.63, 3.8) is 0 Å². The molecule has 0 aliphatic rings. The molecular formula is C11H15N. The largest absolute Gasteiger partial charge is 0.296 e. The van der Waals surface area contributed by atoms with E-state index in [1.807, 2.05) is 6.21 Å². The van der Waals surface area contributed by atoms with E-state index in [-0.39, 0.29) is 0 Å². The Hall–Kier alpha value is -1.11. The van der Waals surface area contributed by atoms with Crippen molar-refractivity contribution >= 4 is 6.21 Å². The first-order valence-electron chi connectivity index (χ1n) is 4.15. The van der Waals surface area contributed by atoms with Gasteiger partial charge in [-0.05, 0) is 43.0 Å². The average molecular weight is 161 g/mol. The molecule has 0 aliphatic heterocycles. The van der Waals surface area contributed by atoms with E-state index in [0.29, 0.717) is 0 Å². The Bertz CT molecular complexity index is 311. The second kappa shape index (κ2) is 3.53. The lowest BCUT2D eigenvalue weighted by Crippen LogP contribution is -1.92. The molecule has 1 aromatic carbocycles. The van der Waals surface area contributed by atoms with Gasteiger partial charge in [0.1, 0.15) is 0 Å². The van der Waals surface area contributed by atoms with E-state index in [0.717, 1.165) is 0 Å². The maximum Gasteiger partial charge on any atom is 0.0284 e. The molecular weight excluding hydrogens is 146 g/mol. The lowest BCUT2D eigenvalue weighted by molar-refractivity contribution is 1.26. The highest BCUT2D eigenvalue weighted by Gasteiger charge is 2.00. The summed E-state index contributed by atoms with van der Waals surface area (Å²) in [6, 6.07) is 4.25. The fraction of sp³-hybridized carbons (Fsp3) is 0.364. The van der Waals surface area contributed by atoms with E-state index in [1.54, 1.807) is 7.05 Å². The minimum atomic E-state index is 1.22. The van der Waals surface area contributed by atoms with Crippen LogP contribution in [0.25, 0.3) is 0 Å². The SMILES string of the molecule is CN=Cc1ccc(C)c(C)c1C. The molecule has 12 heavy (non-hydrogen) atoms. The van der Waals surface area contributed by atoms with Gasteiger partial charge in [0.25, 0.3) is 0 Å². The van der Waals surface area contributed by atoms with Crippen LogP contribution < -0.4 is 0 Å². The summed E-state index contributed by atoms with van der Waals surface area (Å²) in [5.74, 6) is 0. The van der Waals surface area contributed by atoms with Gasteiger partial charge in [0.05, 0.1) is 0 Å². The number of nitrogens with zero attached hydrogens (tertiary/aromatic N) is 1. The Balaban J connectivity index is 3.26. The highest BCUT2D eigenvalue weighted by Crippen LogP contribution is 2.15. The molecule has 0 heterocycles. The second-order valence-electron chi connectivity index (χ2n) is 3.11. The predicted octanol–water partition coefficient (Wildman–Crippen LogP) is 2.66. The highest BCUT2D eigenvalue weighted by atomic mass is 14.6. The van der Waals surface area contributed by atoms with E-state index in [2.05, 4.69) is 37.9 Å². The van der Waals surface area contributed by atoms with Crippen LogP contribution in [0.2, 0.25) is 0 Å². The van der Waals surface area contributed by atoms with Crippen molar-refractivity contribution < 1.29 is 0 Å². The maximum atomic E-state index is 4.01. The van der Waals surface area contributed by atoms with E-state index < -0.39 is 0 Å². The first-order chi connectivity index (χ1) is 5.66. The zero-order chi connectivity index (χ0) is 9.14. The standard InChI is InChI=1S/C11H15N/c1-8-5-6-11(7-12-4)10(3)9(8)2/h5-7H,1-4H3. The van der Waals surface area contributed by atoms with Crippen molar-refractivity contribution in [2.24, 2.45) is 4.99 Å². The van der Waals surface area contributed by atoms with Crippen molar-refractivity contribution in [2.75, 3.05) is 7.05 Å². The predicted molar refractivity (Wildman–Crippen MR) is 54.2 cm³/mol. The molecule has 0 N–H and O–H groups in total. The molecule has 0 fully saturated rings.